The largest absolute Gasteiger partial charge is 0.350 e. The van der Waals surface area contributed by atoms with E-state index >= 15 is 0 Å². The number of amides is 2. The van der Waals surface area contributed by atoms with Crippen molar-refractivity contribution in [3.05, 3.63) is 74.1 Å². The molecule has 0 aliphatic rings. The number of carbonyl (C=O) groups excluding carboxylic acids is 2. The van der Waals surface area contributed by atoms with Gasteiger partial charge in [0.25, 0.3) is 17.4 Å². The number of H-pyrrole nitrogens is 1. The molecule has 1 aromatic carbocycles. The van der Waals surface area contributed by atoms with Crippen molar-refractivity contribution in [1.82, 2.24) is 25.2 Å². The lowest BCUT2D eigenvalue weighted by Gasteiger charge is -2.14. The van der Waals surface area contributed by atoms with E-state index < -0.39 is 17.2 Å². The van der Waals surface area contributed by atoms with Crippen LogP contribution in [0.15, 0.2) is 46.0 Å². The number of rotatable bonds is 7. The van der Waals surface area contributed by atoms with E-state index in [0.29, 0.717) is 17.8 Å². The Morgan fingerprint density at radius 3 is 2.32 bits per heavy atom. The van der Waals surface area contributed by atoms with Crippen molar-refractivity contribution in [1.29, 1.82) is 0 Å². The monoisotopic (exact) mass is 423 g/mol. The summed E-state index contributed by atoms with van der Waals surface area (Å²) in [6.45, 7) is 6.28. The predicted molar refractivity (Wildman–Crippen MR) is 117 cm³/mol. The molecule has 31 heavy (non-hydrogen) atoms. The summed E-state index contributed by atoms with van der Waals surface area (Å²) in [6, 6.07) is 10.3. The molecule has 0 aliphatic heterocycles. The van der Waals surface area contributed by atoms with Gasteiger partial charge in [-0.3, -0.25) is 23.9 Å². The number of hydrogen-bond donors (Lipinski definition) is 3. The van der Waals surface area contributed by atoms with Crippen LogP contribution in [0.5, 0.6) is 0 Å². The Balaban J connectivity index is 1.84. The Morgan fingerprint density at radius 2 is 1.71 bits per heavy atom. The molecule has 9 nitrogen and oxygen atoms in total. The number of nitrogens with one attached hydrogen (secondary N) is 3. The zero-order chi connectivity index (χ0) is 22.5. The van der Waals surface area contributed by atoms with Crippen LogP contribution in [0.25, 0.3) is 11.0 Å². The molecule has 2 amide bonds. The maximum atomic E-state index is 12.9. The molecule has 0 saturated carbocycles. The maximum absolute atomic E-state index is 12.9. The van der Waals surface area contributed by atoms with Crippen LogP contribution in [-0.2, 0) is 6.54 Å². The quantitative estimate of drug-likeness (QED) is 0.495. The van der Waals surface area contributed by atoms with Crippen LogP contribution in [0, 0.1) is 0 Å². The number of hydrogen-bond acceptors (Lipinski definition) is 5. The summed E-state index contributed by atoms with van der Waals surface area (Å²) in [4.78, 5) is 56.4. The van der Waals surface area contributed by atoms with Gasteiger partial charge in [0.2, 0.25) is 0 Å². The SMILES string of the molecule is CCn1c(=O)[nH]c(=O)c2c(C(=O)NCCNC(=O)c3ccccc3)cc(C(C)C)nc21. The highest BCUT2D eigenvalue weighted by molar-refractivity contribution is 6.05. The van der Waals surface area contributed by atoms with Crippen molar-refractivity contribution in [2.24, 2.45) is 0 Å². The topological polar surface area (TPSA) is 126 Å². The zero-order valence-electron chi connectivity index (χ0n) is 17.7. The lowest BCUT2D eigenvalue weighted by molar-refractivity contribution is 0.0928. The first-order valence-corrected chi connectivity index (χ1v) is 10.1. The van der Waals surface area contributed by atoms with E-state index in [-0.39, 0.29) is 41.5 Å². The van der Waals surface area contributed by atoms with Crippen molar-refractivity contribution in [2.45, 2.75) is 33.2 Å². The van der Waals surface area contributed by atoms with Gasteiger partial charge in [0, 0.05) is 30.9 Å². The molecule has 0 saturated heterocycles. The molecule has 2 aromatic heterocycles. The number of nitrogens with zero attached hydrogens (tertiary/aromatic N) is 2. The van der Waals surface area contributed by atoms with Crippen molar-refractivity contribution in [3.8, 4) is 0 Å². The maximum Gasteiger partial charge on any atom is 0.329 e. The van der Waals surface area contributed by atoms with Gasteiger partial charge in [-0.05, 0) is 31.0 Å². The van der Waals surface area contributed by atoms with Gasteiger partial charge in [0.05, 0.1) is 10.9 Å². The molecule has 3 aromatic rings. The fraction of sp³-hybridized carbons (Fsp3) is 0.318. The minimum Gasteiger partial charge on any atom is -0.350 e. The predicted octanol–water partition coefficient (Wildman–Crippen LogP) is 1.39. The summed E-state index contributed by atoms with van der Waals surface area (Å²) in [5.41, 5.74) is 0.233. The summed E-state index contributed by atoms with van der Waals surface area (Å²) in [5, 5.41) is 5.52. The third kappa shape index (κ3) is 4.71. The van der Waals surface area contributed by atoms with E-state index in [1.165, 1.54) is 4.57 Å². The number of pyridine rings is 1. The van der Waals surface area contributed by atoms with Crippen LogP contribution in [-0.4, -0.2) is 39.4 Å². The zero-order valence-corrected chi connectivity index (χ0v) is 17.7. The molecular formula is C22H25N5O4. The van der Waals surface area contributed by atoms with E-state index in [1.807, 2.05) is 19.9 Å². The fourth-order valence-electron chi connectivity index (χ4n) is 3.20. The van der Waals surface area contributed by atoms with Gasteiger partial charge in [0.1, 0.15) is 0 Å². The van der Waals surface area contributed by atoms with Crippen LogP contribution in [0.1, 0.15) is 53.1 Å². The van der Waals surface area contributed by atoms with Crippen LogP contribution in [0.4, 0.5) is 0 Å². The fourth-order valence-corrected chi connectivity index (χ4v) is 3.20. The van der Waals surface area contributed by atoms with E-state index in [1.54, 1.807) is 37.3 Å². The molecular weight excluding hydrogens is 398 g/mol. The van der Waals surface area contributed by atoms with E-state index in [4.69, 9.17) is 0 Å². The van der Waals surface area contributed by atoms with Gasteiger partial charge in [-0.1, -0.05) is 32.0 Å². The van der Waals surface area contributed by atoms with Crippen LogP contribution in [0.3, 0.4) is 0 Å². The molecule has 0 atom stereocenters. The molecule has 3 rings (SSSR count). The van der Waals surface area contributed by atoms with Gasteiger partial charge in [-0.15, -0.1) is 0 Å². The number of aromatic amines is 1. The summed E-state index contributed by atoms with van der Waals surface area (Å²) in [7, 11) is 0. The molecule has 0 aliphatic carbocycles. The minimum atomic E-state index is -0.657. The minimum absolute atomic E-state index is 0.0131. The van der Waals surface area contributed by atoms with Crippen LogP contribution >= 0.6 is 0 Å². The average molecular weight is 423 g/mol. The van der Waals surface area contributed by atoms with Gasteiger partial charge >= 0.3 is 5.69 Å². The molecule has 0 bridgehead atoms. The highest BCUT2D eigenvalue weighted by atomic mass is 16.2. The third-order valence-electron chi connectivity index (χ3n) is 4.85. The Hall–Kier alpha value is -3.75. The Morgan fingerprint density at radius 1 is 1.06 bits per heavy atom. The second-order valence-electron chi connectivity index (χ2n) is 7.33. The van der Waals surface area contributed by atoms with Crippen molar-refractivity contribution < 1.29 is 9.59 Å². The number of benzene rings is 1. The standard InChI is InChI=1S/C22H25N5O4/c1-4-27-18-17(21(30)26-22(27)31)15(12-16(25-18)13(2)3)20(29)24-11-10-23-19(28)14-8-6-5-7-9-14/h5-9,12-13H,4,10-11H2,1-3H3,(H,23,28)(H,24,29)(H,26,30,31). The number of carbonyl (C=O) groups is 2. The second kappa shape index (κ2) is 9.38. The number of aryl methyl sites for hydroxylation is 1. The highest BCUT2D eigenvalue weighted by Gasteiger charge is 2.20. The van der Waals surface area contributed by atoms with Crippen molar-refractivity contribution in [2.75, 3.05) is 13.1 Å². The summed E-state index contributed by atoms with van der Waals surface area (Å²) in [6.07, 6.45) is 0. The van der Waals surface area contributed by atoms with Gasteiger partial charge in [0.15, 0.2) is 5.65 Å². The molecule has 0 unspecified atom stereocenters. The van der Waals surface area contributed by atoms with E-state index in [0.717, 1.165) is 0 Å². The molecule has 2 heterocycles. The molecule has 9 heteroatoms. The highest BCUT2D eigenvalue weighted by Crippen LogP contribution is 2.19. The molecule has 0 spiro atoms. The summed E-state index contributed by atoms with van der Waals surface area (Å²) in [5.74, 6) is -0.731. The van der Waals surface area contributed by atoms with Crippen molar-refractivity contribution >= 4 is 22.8 Å². The normalized spacial score (nSPS) is 11.0. The molecule has 0 fully saturated rings. The van der Waals surface area contributed by atoms with E-state index in [2.05, 4.69) is 20.6 Å². The lowest BCUT2D eigenvalue weighted by atomic mass is 10.0. The molecule has 3 N–H and O–H groups in total. The lowest BCUT2D eigenvalue weighted by Crippen LogP contribution is -2.36. The third-order valence-corrected chi connectivity index (χ3v) is 4.85. The Kier molecular flexibility index (Phi) is 6.64. The summed E-state index contributed by atoms with van der Waals surface area (Å²) >= 11 is 0. The Labute approximate surface area is 178 Å². The Bertz CT molecular complexity index is 1230. The molecule has 0 radical (unpaired) electrons. The van der Waals surface area contributed by atoms with Gasteiger partial charge in [-0.2, -0.15) is 0 Å². The number of aromatic nitrogens is 3. The number of fused-ring (bicyclic) bond motifs is 1. The van der Waals surface area contributed by atoms with Crippen LogP contribution in [0.2, 0.25) is 0 Å². The van der Waals surface area contributed by atoms with Gasteiger partial charge < -0.3 is 10.6 Å². The van der Waals surface area contributed by atoms with Crippen LogP contribution < -0.4 is 21.9 Å². The first kappa shape index (κ1) is 21.9. The second-order valence-corrected chi connectivity index (χ2v) is 7.33. The summed E-state index contributed by atoms with van der Waals surface area (Å²) < 4.78 is 1.33. The van der Waals surface area contributed by atoms with E-state index in [9.17, 15) is 19.2 Å². The molecule has 162 valence electrons. The average Bonchev–Trinajstić information content (AvgIpc) is 2.76. The van der Waals surface area contributed by atoms with Crippen molar-refractivity contribution in [3.63, 3.8) is 0 Å². The van der Waals surface area contributed by atoms with Gasteiger partial charge in [-0.25, -0.2) is 9.78 Å². The first-order chi connectivity index (χ1) is 14.8. The first-order valence-electron chi connectivity index (χ1n) is 10.1. The smallest absolute Gasteiger partial charge is 0.329 e.